The number of carbonyl (C=O) groups is 1. The molecule has 0 spiro atoms. The molecule has 0 aromatic heterocycles. The Morgan fingerprint density at radius 1 is 1.00 bits per heavy atom. The first-order valence-electron chi connectivity index (χ1n) is 7.69. The lowest BCUT2D eigenvalue weighted by Crippen LogP contribution is -2.58. The van der Waals surface area contributed by atoms with Crippen LogP contribution in [0.15, 0.2) is 0 Å². The molecule has 0 amide bonds. The van der Waals surface area contributed by atoms with E-state index in [1.54, 1.807) is 0 Å². The first kappa shape index (κ1) is 11.3. The molecule has 0 radical (unpaired) electrons. The number of hydrogen-bond donors (Lipinski definition) is 2. The van der Waals surface area contributed by atoms with Crippen LogP contribution in [0, 0.1) is 29.6 Å². The van der Waals surface area contributed by atoms with E-state index in [-0.39, 0.29) is 6.04 Å². The molecule has 100 valence electrons. The standard InChI is InChI=1S/C15H23NO2/c17-15(18)14(10-1-2-10)16-13-11-4-8-3-9(6-11)7-12(13)5-8/h8-14,16H,1-7H2,(H,17,18). The van der Waals surface area contributed by atoms with E-state index in [1.807, 2.05) is 0 Å². The van der Waals surface area contributed by atoms with Gasteiger partial charge in [0, 0.05) is 6.04 Å². The summed E-state index contributed by atoms with van der Waals surface area (Å²) in [6.45, 7) is 0. The molecule has 5 saturated carbocycles. The average molecular weight is 249 g/mol. The van der Waals surface area contributed by atoms with Gasteiger partial charge in [-0.25, -0.2) is 0 Å². The predicted octanol–water partition coefficient (Wildman–Crippen LogP) is 2.26. The van der Waals surface area contributed by atoms with Gasteiger partial charge >= 0.3 is 5.97 Å². The Morgan fingerprint density at radius 3 is 2.00 bits per heavy atom. The minimum absolute atomic E-state index is 0.257. The van der Waals surface area contributed by atoms with E-state index in [2.05, 4.69) is 5.32 Å². The molecular weight excluding hydrogens is 226 g/mol. The van der Waals surface area contributed by atoms with Gasteiger partial charge in [0.25, 0.3) is 0 Å². The first-order valence-corrected chi connectivity index (χ1v) is 7.69. The maximum absolute atomic E-state index is 11.4. The van der Waals surface area contributed by atoms with E-state index in [0.29, 0.717) is 12.0 Å². The highest BCUT2D eigenvalue weighted by Gasteiger charge is 2.50. The normalized spacial score (nSPS) is 47.2. The highest BCUT2D eigenvalue weighted by Crippen LogP contribution is 2.54. The second-order valence-corrected chi connectivity index (χ2v) is 7.28. The molecule has 0 aliphatic heterocycles. The Morgan fingerprint density at radius 2 is 1.56 bits per heavy atom. The van der Waals surface area contributed by atoms with Crippen LogP contribution in [-0.4, -0.2) is 23.2 Å². The molecule has 0 heterocycles. The SMILES string of the molecule is O=C(O)C(NC1C2CC3CC(C2)CC1C3)C1CC1. The van der Waals surface area contributed by atoms with Crippen LogP contribution in [0.2, 0.25) is 0 Å². The van der Waals surface area contributed by atoms with E-state index in [4.69, 9.17) is 0 Å². The fourth-order valence-corrected chi connectivity index (χ4v) is 5.24. The van der Waals surface area contributed by atoms with Crippen LogP contribution < -0.4 is 5.32 Å². The van der Waals surface area contributed by atoms with Crippen molar-refractivity contribution < 1.29 is 9.90 Å². The van der Waals surface area contributed by atoms with Crippen LogP contribution in [0.3, 0.4) is 0 Å². The Balaban J connectivity index is 1.49. The summed E-state index contributed by atoms with van der Waals surface area (Å²) in [5, 5.41) is 12.9. The number of carboxylic acids is 1. The summed E-state index contributed by atoms with van der Waals surface area (Å²) in [7, 11) is 0. The van der Waals surface area contributed by atoms with E-state index < -0.39 is 5.97 Å². The number of aliphatic carboxylic acids is 1. The molecule has 2 N–H and O–H groups in total. The Hall–Kier alpha value is -0.570. The largest absolute Gasteiger partial charge is 0.480 e. The van der Waals surface area contributed by atoms with Crippen molar-refractivity contribution in [2.75, 3.05) is 0 Å². The van der Waals surface area contributed by atoms with Crippen molar-refractivity contribution in [3.05, 3.63) is 0 Å². The Labute approximate surface area is 108 Å². The number of hydrogen-bond acceptors (Lipinski definition) is 2. The van der Waals surface area contributed by atoms with Gasteiger partial charge in [0.2, 0.25) is 0 Å². The molecule has 0 aromatic carbocycles. The minimum Gasteiger partial charge on any atom is -0.480 e. The molecule has 5 aliphatic carbocycles. The maximum atomic E-state index is 11.4. The highest BCUT2D eigenvalue weighted by atomic mass is 16.4. The van der Waals surface area contributed by atoms with Crippen molar-refractivity contribution in [2.45, 2.75) is 57.0 Å². The van der Waals surface area contributed by atoms with Crippen molar-refractivity contribution in [1.29, 1.82) is 0 Å². The van der Waals surface area contributed by atoms with Gasteiger partial charge in [0.05, 0.1) is 0 Å². The first-order chi connectivity index (χ1) is 8.70. The second-order valence-electron chi connectivity index (χ2n) is 7.28. The fraction of sp³-hybridized carbons (Fsp3) is 0.933. The molecule has 3 heteroatoms. The molecule has 5 fully saturated rings. The third-order valence-corrected chi connectivity index (χ3v) is 5.96. The molecule has 0 aromatic rings. The molecular formula is C15H23NO2. The summed E-state index contributed by atoms with van der Waals surface area (Å²) in [6.07, 6.45) is 9.13. The van der Waals surface area contributed by atoms with E-state index in [9.17, 15) is 9.90 Å². The summed E-state index contributed by atoms with van der Waals surface area (Å²) in [4.78, 5) is 11.4. The molecule has 1 atom stereocenters. The maximum Gasteiger partial charge on any atom is 0.320 e. The molecule has 5 aliphatic rings. The van der Waals surface area contributed by atoms with E-state index in [0.717, 1.165) is 36.5 Å². The van der Waals surface area contributed by atoms with Crippen molar-refractivity contribution in [3.8, 4) is 0 Å². The summed E-state index contributed by atoms with van der Waals surface area (Å²) in [5.74, 6) is 3.29. The van der Waals surface area contributed by atoms with Gasteiger partial charge in [-0.05, 0) is 74.5 Å². The van der Waals surface area contributed by atoms with Crippen LogP contribution in [0.5, 0.6) is 0 Å². The molecule has 4 bridgehead atoms. The van der Waals surface area contributed by atoms with Gasteiger partial charge in [-0.1, -0.05) is 0 Å². The van der Waals surface area contributed by atoms with Gasteiger partial charge in [-0.3, -0.25) is 4.79 Å². The molecule has 5 rings (SSSR count). The zero-order chi connectivity index (χ0) is 12.3. The van der Waals surface area contributed by atoms with Gasteiger partial charge in [0.15, 0.2) is 0 Å². The van der Waals surface area contributed by atoms with Gasteiger partial charge in [-0.15, -0.1) is 0 Å². The lowest BCUT2D eigenvalue weighted by Gasteiger charge is -2.55. The van der Waals surface area contributed by atoms with Crippen molar-refractivity contribution in [3.63, 3.8) is 0 Å². The van der Waals surface area contributed by atoms with Crippen molar-refractivity contribution in [2.24, 2.45) is 29.6 Å². The van der Waals surface area contributed by atoms with Crippen molar-refractivity contribution in [1.82, 2.24) is 5.32 Å². The summed E-state index contributed by atoms with van der Waals surface area (Å²) >= 11 is 0. The predicted molar refractivity (Wildman–Crippen MR) is 68.1 cm³/mol. The van der Waals surface area contributed by atoms with E-state index >= 15 is 0 Å². The number of carboxylic acid groups (broad SMARTS) is 1. The van der Waals surface area contributed by atoms with Crippen LogP contribution in [0.4, 0.5) is 0 Å². The summed E-state index contributed by atoms with van der Waals surface area (Å²) < 4.78 is 0. The van der Waals surface area contributed by atoms with Gasteiger partial charge in [0.1, 0.15) is 6.04 Å². The topological polar surface area (TPSA) is 49.3 Å². The zero-order valence-electron chi connectivity index (χ0n) is 10.8. The molecule has 18 heavy (non-hydrogen) atoms. The Bertz CT molecular complexity index is 336. The average Bonchev–Trinajstić information content (AvgIpc) is 3.10. The van der Waals surface area contributed by atoms with Gasteiger partial charge in [-0.2, -0.15) is 0 Å². The Kier molecular flexibility index (Phi) is 2.48. The monoisotopic (exact) mass is 249 g/mol. The highest BCUT2D eigenvalue weighted by molar-refractivity contribution is 5.74. The minimum atomic E-state index is -0.619. The quantitative estimate of drug-likeness (QED) is 0.803. The smallest absolute Gasteiger partial charge is 0.320 e. The number of rotatable bonds is 4. The van der Waals surface area contributed by atoms with Crippen molar-refractivity contribution >= 4 is 5.97 Å². The second kappa shape index (κ2) is 3.96. The molecule has 1 unspecified atom stereocenters. The van der Waals surface area contributed by atoms with Crippen LogP contribution in [-0.2, 0) is 4.79 Å². The zero-order valence-corrected chi connectivity index (χ0v) is 10.8. The summed E-state index contributed by atoms with van der Waals surface area (Å²) in [6, 6.07) is 0.257. The van der Waals surface area contributed by atoms with E-state index in [1.165, 1.54) is 32.1 Å². The molecule has 3 nitrogen and oxygen atoms in total. The fourth-order valence-electron chi connectivity index (χ4n) is 5.24. The summed E-state index contributed by atoms with van der Waals surface area (Å²) in [5.41, 5.74) is 0. The lowest BCUT2D eigenvalue weighted by atomic mass is 9.54. The lowest BCUT2D eigenvalue weighted by molar-refractivity contribution is -0.141. The third-order valence-electron chi connectivity index (χ3n) is 5.96. The van der Waals surface area contributed by atoms with Gasteiger partial charge < -0.3 is 10.4 Å². The van der Waals surface area contributed by atoms with Crippen LogP contribution in [0.25, 0.3) is 0 Å². The molecule has 0 saturated heterocycles. The van der Waals surface area contributed by atoms with Crippen LogP contribution >= 0.6 is 0 Å². The van der Waals surface area contributed by atoms with Crippen LogP contribution in [0.1, 0.15) is 44.9 Å². The number of nitrogens with one attached hydrogen (secondary N) is 1. The third kappa shape index (κ3) is 1.78.